The lowest BCUT2D eigenvalue weighted by molar-refractivity contribution is -0.139. The molecule has 6 heteroatoms. The number of hydrogen-bond acceptors (Lipinski definition) is 2. The van der Waals surface area contributed by atoms with Crippen molar-refractivity contribution >= 4 is 35.1 Å². The van der Waals surface area contributed by atoms with Crippen molar-refractivity contribution in [3.05, 3.63) is 33.8 Å². The number of halogens is 2. The number of amides is 1. The molecule has 19 heavy (non-hydrogen) atoms. The van der Waals surface area contributed by atoms with Gasteiger partial charge in [-0.3, -0.25) is 4.79 Å². The molecule has 1 amide bonds. The third-order valence-electron chi connectivity index (χ3n) is 2.62. The van der Waals surface area contributed by atoms with Gasteiger partial charge in [0, 0.05) is 5.02 Å². The quantitative estimate of drug-likeness (QED) is 0.847. The van der Waals surface area contributed by atoms with Crippen LogP contribution in [0.3, 0.4) is 0 Å². The van der Waals surface area contributed by atoms with E-state index in [0.717, 1.165) is 12.8 Å². The van der Waals surface area contributed by atoms with Crippen molar-refractivity contribution in [3.8, 4) is 0 Å². The van der Waals surface area contributed by atoms with Crippen LogP contribution in [-0.2, 0) is 4.79 Å². The van der Waals surface area contributed by atoms with Gasteiger partial charge in [0.25, 0.3) is 5.91 Å². The average molecular weight is 304 g/mol. The predicted molar refractivity (Wildman–Crippen MR) is 74.9 cm³/mol. The van der Waals surface area contributed by atoms with Crippen molar-refractivity contribution in [2.75, 3.05) is 0 Å². The molecular formula is C13H15Cl2NO3. The number of hydrogen-bond donors (Lipinski definition) is 2. The van der Waals surface area contributed by atoms with Crippen molar-refractivity contribution in [1.82, 2.24) is 5.32 Å². The summed E-state index contributed by atoms with van der Waals surface area (Å²) in [4.78, 5) is 23.0. The van der Waals surface area contributed by atoms with Gasteiger partial charge >= 0.3 is 5.97 Å². The normalized spacial score (nSPS) is 11.9. The van der Waals surface area contributed by atoms with Crippen LogP contribution in [0.2, 0.25) is 10.0 Å². The van der Waals surface area contributed by atoms with E-state index in [1.54, 1.807) is 6.07 Å². The third-order valence-corrected chi connectivity index (χ3v) is 3.19. The first-order chi connectivity index (χ1) is 8.95. The van der Waals surface area contributed by atoms with Crippen LogP contribution in [0.15, 0.2) is 18.2 Å². The molecule has 0 heterocycles. The second-order valence-electron chi connectivity index (χ2n) is 4.13. The third kappa shape index (κ3) is 4.73. The summed E-state index contributed by atoms with van der Waals surface area (Å²) in [7, 11) is 0. The molecule has 0 saturated heterocycles. The van der Waals surface area contributed by atoms with Gasteiger partial charge in [0.05, 0.1) is 10.6 Å². The van der Waals surface area contributed by atoms with Crippen molar-refractivity contribution in [3.63, 3.8) is 0 Å². The first-order valence-electron chi connectivity index (χ1n) is 5.94. The monoisotopic (exact) mass is 303 g/mol. The molecule has 0 radical (unpaired) electrons. The van der Waals surface area contributed by atoms with Gasteiger partial charge in [0.1, 0.15) is 6.04 Å². The summed E-state index contributed by atoms with van der Waals surface area (Å²) in [6.07, 6.45) is 1.97. The van der Waals surface area contributed by atoms with Gasteiger partial charge in [-0.15, -0.1) is 0 Å². The minimum atomic E-state index is -1.06. The second-order valence-corrected chi connectivity index (χ2v) is 4.97. The molecule has 2 N–H and O–H groups in total. The molecule has 0 spiro atoms. The van der Waals surface area contributed by atoms with Crippen LogP contribution in [0, 0.1) is 0 Å². The Labute approximate surface area is 121 Å². The molecule has 0 saturated carbocycles. The van der Waals surface area contributed by atoms with E-state index in [0.29, 0.717) is 11.4 Å². The van der Waals surface area contributed by atoms with Crippen molar-refractivity contribution in [1.29, 1.82) is 0 Å². The number of carboxylic acid groups (broad SMARTS) is 1. The minimum absolute atomic E-state index is 0.178. The van der Waals surface area contributed by atoms with Crippen molar-refractivity contribution in [2.24, 2.45) is 0 Å². The highest BCUT2D eigenvalue weighted by Gasteiger charge is 2.21. The van der Waals surface area contributed by atoms with Gasteiger partial charge in [-0.05, 0) is 24.6 Å². The summed E-state index contributed by atoms with van der Waals surface area (Å²) in [5.74, 6) is -1.59. The lowest BCUT2D eigenvalue weighted by Gasteiger charge is -2.14. The zero-order valence-electron chi connectivity index (χ0n) is 10.5. The summed E-state index contributed by atoms with van der Waals surface area (Å²) in [6.45, 7) is 1.95. The van der Waals surface area contributed by atoms with Crippen LogP contribution >= 0.6 is 23.2 Å². The number of nitrogens with one attached hydrogen (secondary N) is 1. The maximum Gasteiger partial charge on any atom is 0.326 e. The maximum atomic E-state index is 12.0. The van der Waals surface area contributed by atoms with Gasteiger partial charge in [-0.2, -0.15) is 0 Å². The highest BCUT2D eigenvalue weighted by Crippen LogP contribution is 2.20. The first kappa shape index (κ1) is 15.8. The lowest BCUT2D eigenvalue weighted by atomic mass is 10.1. The topological polar surface area (TPSA) is 66.4 Å². The SMILES string of the molecule is CCCCC(NC(=O)c1cc(Cl)ccc1Cl)C(=O)O. The fraction of sp³-hybridized carbons (Fsp3) is 0.385. The highest BCUT2D eigenvalue weighted by molar-refractivity contribution is 6.35. The van der Waals surface area contributed by atoms with E-state index < -0.39 is 17.9 Å². The van der Waals surface area contributed by atoms with E-state index in [9.17, 15) is 9.59 Å². The van der Waals surface area contributed by atoms with E-state index in [1.165, 1.54) is 12.1 Å². The Hall–Kier alpha value is -1.26. The fourth-order valence-corrected chi connectivity index (χ4v) is 1.95. The summed E-state index contributed by atoms with van der Waals surface area (Å²) >= 11 is 11.7. The molecule has 1 rings (SSSR count). The summed E-state index contributed by atoms with van der Waals surface area (Å²) < 4.78 is 0. The van der Waals surface area contributed by atoms with Gasteiger partial charge in [-0.1, -0.05) is 43.0 Å². The molecule has 0 aliphatic rings. The molecule has 1 unspecified atom stereocenters. The summed E-state index contributed by atoms with van der Waals surface area (Å²) in [5.41, 5.74) is 0.178. The number of benzene rings is 1. The van der Waals surface area contributed by atoms with E-state index in [4.69, 9.17) is 28.3 Å². The number of carbonyl (C=O) groups is 2. The maximum absolute atomic E-state index is 12.0. The van der Waals surface area contributed by atoms with E-state index >= 15 is 0 Å². The molecule has 1 aromatic carbocycles. The lowest BCUT2D eigenvalue weighted by Crippen LogP contribution is -2.40. The number of aliphatic carboxylic acids is 1. The largest absolute Gasteiger partial charge is 0.480 e. The average Bonchev–Trinajstić information content (AvgIpc) is 2.36. The Balaban J connectivity index is 2.81. The minimum Gasteiger partial charge on any atom is -0.480 e. The van der Waals surface area contributed by atoms with Crippen LogP contribution in [0.25, 0.3) is 0 Å². The van der Waals surface area contributed by atoms with Crippen LogP contribution in [0.5, 0.6) is 0 Å². The van der Waals surface area contributed by atoms with Gasteiger partial charge in [0.15, 0.2) is 0 Å². The Bertz CT molecular complexity index is 477. The van der Waals surface area contributed by atoms with Gasteiger partial charge < -0.3 is 10.4 Å². The molecule has 4 nitrogen and oxygen atoms in total. The fourth-order valence-electron chi connectivity index (χ4n) is 1.57. The molecule has 0 fully saturated rings. The number of unbranched alkanes of at least 4 members (excludes halogenated alkanes) is 1. The van der Waals surface area contributed by atoms with E-state index in [-0.39, 0.29) is 10.6 Å². The molecule has 104 valence electrons. The van der Waals surface area contributed by atoms with E-state index in [1.807, 2.05) is 6.92 Å². The molecule has 1 atom stereocenters. The smallest absolute Gasteiger partial charge is 0.326 e. The zero-order valence-corrected chi connectivity index (χ0v) is 12.0. The van der Waals surface area contributed by atoms with Gasteiger partial charge in [0.2, 0.25) is 0 Å². The predicted octanol–water partition coefficient (Wildman–Crippen LogP) is 3.37. The molecule has 0 aromatic heterocycles. The van der Waals surface area contributed by atoms with Crippen LogP contribution in [0.4, 0.5) is 0 Å². The highest BCUT2D eigenvalue weighted by atomic mass is 35.5. The molecule has 0 bridgehead atoms. The molecular weight excluding hydrogens is 289 g/mol. The van der Waals surface area contributed by atoms with E-state index in [2.05, 4.69) is 5.32 Å². The Morgan fingerprint density at radius 1 is 1.37 bits per heavy atom. The Kier molecular flexibility index (Phi) is 6.12. The molecule has 0 aliphatic carbocycles. The summed E-state index contributed by atoms with van der Waals surface area (Å²) in [5, 5.41) is 12.1. The zero-order chi connectivity index (χ0) is 14.4. The van der Waals surface area contributed by atoms with Crippen LogP contribution in [-0.4, -0.2) is 23.0 Å². The second kappa shape index (κ2) is 7.36. The van der Waals surface area contributed by atoms with Crippen molar-refractivity contribution in [2.45, 2.75) is 32.2 Å². The van der Waals surface area contributed by atoms with Crippen LogP contribution < -0.4 is 5.32 Å². The van der Waals surface area contributed by atoms with Crippen LogP contribution in [0.1, 0.15) is 36.5 Å². The number of rotatable bonds is 6. The number of carbonyl (C=O) groups excluding carboxylic acids is 1. The summed E-state index contributed by atoms with van der Waals surface area (Å²) in [6, 6.07) is 3.56. The van der Waals surface area contributed by atoms with Gasteiger partial charge in [-0.25, -0.2) is 4.79 Å². The Morgan fingerprint density at radius 3 is 2.63 bits per heavy atom. The molecule has 0 aliphatic heterocycles. The standard InChI is InChI=1S/C13H15Cl2NO3/c1-2-3-4-11(13(18)19)16-12(17)9-7-8(14)5-6-10(9)15/h5-7,11H,2-4H2,1H3,(H,16,17)(H,18,19). The first-order valence-corrected chi connectivity index (χ1v) is 6.70. The van der Waals surface area contributed by atoms with Crippen molar-refractivity contribution < 1.29 is 14.7 Å². The number of carboxylic acids is 1. The molecule has 1 aromatic rings. The Morgan fingerprint density at radius 2 is 2.05 bits per heavy atom.